The summed E-state index contributed by atoms with van der Waals surface area (Å²) in [5.74, 6) is -1.02. The van der Waals surface area contributed by atoms with Gasteiger partial charge in [-0.1, -0.05) is 6.07 Å². The van der Waals surface area contributed by atoms with Crippen LogP contribution in [0.25, 0.3) is 11.6 Å². The zero-order chi connectivity index (χ0) is 18.8. The molecule has 6 nitrogen and oxygen atoms in total. The van der Waals surface area contributed by atoms with E-state index in [-0.39, 0.29) is 17.4 Å². The highest BCUT2D eigenvalue weighted by molar-refractivity contribution is 14.1. The molecule has 0 saturated carbocycles. The van der Waals surface area contributed by atoms with Gasteiger partial charge >= 0.3 is 11.9 Å². The van der Waals surface area contributed by atoms with Crippen LogP contribution in [0.15, 0.2) is 36.4 Å². The Balaban J connectivity index is 2.03. The van der Waals surface area contributed by atoms with Gasteiger partial charge in [0.2, 0.25) is 0 Å². The second-order valence-corrected chi connectivity index (χ2v) is 6.84. The molecule has 2 aromatic rings. The third kappa shape index (κ3) is 3.93. The molecule has 1 aliphatic rings. The summed E-state index contributed by atoms with van der Waals surface area (Å²) < 4.78 is 11.2. The molecule has 0 saturated heterocycles. The average Bonchev–Trinajstić information content (AvgIpc) is 2.84. The number of nitrogens with one attached hydrogen (secondary N) is 1. The fourth-order valence-electron chi connectivity index (χ4n) is 2.56. The van der Waals surface area contributed by atoms with Crippen LogP contribution in [-0.4, -0.2) is 17.8 Å². The van der Waals surface area contributed by atoms with Crippen LogP contribution < -0.4 is 14.8 Å². The van der Waals surface area contributed by atoms with Gasteiger partial charge in [-0.2, -0.15) is 0 Å². The maximum absolute atomic E-state index is 12.3. The summed E-state index contributed by atoms with van der Waals surface area (Å²) in [6, 6.07) is 10.4. The van der Waals surface area contributed by atoms with Crippen molar-refractivity contribution in [2.24, 2.45) is 0 Å². The quantitative estimate of drug-likeness (QED) is 0.326. The predicted molar refractivity (Wildman–Crippen MR) is 105 cm³/mol. The monoisotopic (exact) mass is 463 g/mol. The van der Waals surface area contributed by atoms with Gasteiger partial charge in [0.1, 0.15) is 0 Å². The number of hydrogen-bond donors (Lipinski definition) is 1. The summed E-state index contributed by atoms with van der Waals surface area (Å²) in [6.45, 7) is 2.51. The van der Waals surface area contributed by atoms with Gasteiger partial charge in [0.25, 0.3) is 5.91 Å². The molecule has 7 heteroatoms. The molecule has 0 bridgehead atoms. The lowest BCUT2D eigenvalue weighted by Crippen LogP contribution is -2.07. The van der Waals surface area contributed by atoms with E-state index in [9.17, 15) is 14.4 Å². The number of ether oxygens (including phenoxy) is 2. The van der Waals surface area contributed by atoms with Crippen molar-refractivity contribution in [2.45, 2.75) is 13.8 Å². The fraction of sp³-hybridized carbons (Fsp3) is 0.105. The van der Waals surface area contributed by atoms with E-state index in [0.717, 1.165) is 14.8 Å². The Morgan fingerprint density at radius 1 is 1.00 bits per heavy atom. The third-order valence-corrected chi connectivity index (χ3v) is 4.22. The van der Waals surface area contributed by atoms with Gasteiger partial charge in [0.15, 0.2) is 11.5 Å². The maximum Gasteiger partial charge on any atom is 0.308 e. The highest BCUT2D eigenvalue weighted by Crippen LogP contribution is 2.36. The molecule has 2 aromatic carbocycles. The normalized spacial score (nSPS) is 14.0. The lowest BCUT2D eigenvalue weighted by Gasteiger charge is -2.09. The number of hydrogen-bond acceptors (Lipinski definition) is 5. The first kappa shape index (κ1) is 18.1. The van der Waals surface area contributed by atoms with Crippen molar-refractivity contribution in [3.63, 3.8) is 0 Å². The van der Waals surface area contributed by atoms with Crippen molar-refractivity contribution < 1.29 is 23.9 Å². The van der Waals surface area contributed by atoms with Gasteiger partial charge in [-0.15, -0.1) is 0 Å². The van der Waals surface area contributed by atoms with E-state index < -0.39 is 11.9 Å². The second-order valence-electron chi connectivity index (χ2n) is 5.60. The lowest BCUT2D eigenvalue weighted by atomic mass is 10.0. The van der Waals surface area contributed by atoms with Gasteiger partial charge in [-0.3, -0.25) is 14.4 Å². The minimum atomic E-state index is -0.540. The van der Waals surface area contributed by atoms with E-state index in [1.165, 1.54) is 19.9 Å². The van der Waals surface area contributed by atoms with Crippen LogP contribution in [-0.2, 0) is 14.4 Å². The molecule has 26 heavy (non-hydrogen) atoms. The molecule has 0 aromatic heterocycles. The molecule has 1 heterocycles. The summed E-state index contributed by atoms with van der Waals surface area (Å²) >= 11 is 2.18. The smallest absolute Gasteiger partial charge is 0.308 e. The Hall–Kier alpha value is -2.68. The first-order valence-electron chi connectivity index (χ1n) is 7.67. The molecule has 0 radical (unpaired) electrons. The molecular weight excluding hydrogens is 449 g/mol. The number of anilines is 1. The van der Waals surface area contributed by atoms with Crippen molar-refractivity contribution >= 4 is 57.8 Å². The Morgan fingerprint density at radius 2 is 1.69 bits per heavy atom. The van der Waals surface area contributed by atoms with E-state index in [2.05, 4.69) is 27.9 Å². The zero-order valence-electron chi connectivity index (χ0n) is 14.0. The summed E-state index contributed by atoms with van der Waals surface area (Å²) in [5.41, 5.74) is 2.69. The van der Waals surface area contributed by atoms with Crippen molar-refractivity contribution in [3.05, 3.63) is 51.1 Å². The van der Waals surface area contributed by atoms with Gasteiger partial charge in [0, 0.05) is 34.2 Å². The highest BCUT2D eigenvalue weighted by Gasteiger charge is 2.24. The Morgan fingerprint density at radius 3 is 2.38 bits per heavy atom. The number of rotatable bonds is 3. The number of carbonyl (C=O) groups excluding carboxylic acids is 3. The predicted octanol–water partition coefficient (Wildman–Crippen LogP) is 3.63. The third-order valence-electron chi connectivity index (χ3n) is 3.55. The van der Waals surface area contributed by atoms with Crippen LogP contribution in [0.3, 0.4) is 0 Å². The van der Waals surface area contributed by atoms with E-state index in [4.69, 9.17) is 9.47 Å². The number of amides is 1. The second kappa shape index (κ2) is 7.28. The van der Waals surface area contributed by atoms with E-state index in [0.29, 0.717) is 11.1 Å². The van der Waals surface area contributed by atoms with E-state index in [1.807, 2.05) is 18.2 Å². The van der Waals surface area contributed by atoms with E-state index in [1.54, 1.807) is 18.2 Å². The number of carbonyl (C=O) groups is 3. The average molecular weight is 463 g/mol. The van der Waals surface area contributed by atoms with Gasteiger partial charge < -0.3 is 14.8 Å². The molecule has 0 unspecified atom stereocenters. The molecule has 0 atom stereocenters. The van der Waals surface area contributed by atoms with E-state index >= 15 is 0 Å². The number of halogens is 1. The summed E-state index contributed by atoms with van der Waals surface area (Å²) in [7, 11) is 0. The van der Waals surface area contributed by atoms with Crippen LogP contribution in [0.1, 0.15) is 25.0 Å². The molecule has 132 valence electrons. The van der Waals surface area contributed by atoms with Gasteiger partial charge in [-0.05, 0) is 64.6 Å². The molecule has 0 spiro atoms. The molecule has 0 aliphatic carbocycles. The summed E-state index contributed by atoms with van der Waals surface area (Å²) in [6.07, 6.45) is 1.70. The summed E-state index contributed by atoms with van der Waals surface area (Å²) in [5, 5.41) is 2.81. The number of fused-ring (bicyclic) bond motifs is 1. The van der Waals surface area contributed by atoms with Crippen molar-refractivity contribution in [3.8, 4) is 11.5 Å². The maximum atomic E-state index is 12.3. The molecule has 0 fully saturated rings. The standard InChI is InChI=1S/C19H14INO5/c1-10(22)25-17-6-3-12(8-18(17)26-11(2)23)7-15-14-9-13(20)4-5-16(14)21-19(15)24/h3-9H,1-2H3,(H,21,24). The Labute approximate surface area is 163 Å². The number of esters is 2. The minimum Gasteiger partial charge on any atom is -0.423 e. The zero-order valence-corrected chi connectivity index (χ0v) is 16.1. The largest absolute Gasteiger partial charge is 0.423 e. The molecule has 1 N–H and O–H groups in total. The molecular formula is C19H14INO5. The van der Waals surface area contributed by atoms with Crippen LogP contribution in [0.2, 0.25) is 0 Å². The fourth-order valence-corrected chi connectivity index (χ4v) is 3.05. The van der Waals surface area contributed by atoms with Crippen LogP contribution in [0.4, 0.5) is 5.69 Å². The van der Waals surface area contributed by atoms with Crippen molar-refractivity contribution in [1.82, 2.24) is 0 Å². The minimum absolute atomic E-state index is 0.114. The Bertz CT molecular complexity index is 964. The first-order valence-corrected chi connectivity index (χ1v) is 8.75. The van der Waals surface area contributed by atoms with Gasteiger partial charge in [0.05, 0.1) is 0 Å². The van der Waals surface area contributed by atoms with Crippen LogP contribution >= 0.6 is 22.6 Å². The van der Waals surface area contributed by atoms with Crippen LogP contribution in [0, 0.1) is 3.57 Å². The van der Waals surface area contributed by atoms with Crippen molar-refractivity contribution in [1.29, 1.82) is 0 Å². The first-order chi connectivity index (χ1) is 12.3. The SMILES string of the molecule is CC(=O)Oc1ccc(C=C2C(=O)Nc3ccc(I)cc32)cc1OC(C)=O. The molecule has 3 rings (SSSR count). The van der Waals surface area contributed by atoms with Crippen molar-refractivity contribution in [2.75, 3.05) is 5.32 Å². The highest BCUT2D eigenvalue weighted by atomic mass is 127. The molecule has 1 aliphatic heterocycles. The summed E-state index contributed by atoms with van der Waals surface area (Å²) in [4.78, 5) is 34.8. The van der Waals surface area contributed by atoms with Crippen LogP contribution in [0.5, 0.6) is 11.5 Å². The topological polar surface area (TPSA) is 81.7 Å². The van der Waals surface area contributed by atoms with Gasteiger partial charge in [-0.25, -0.2) is 0 Å². The molecule has 1 amide bonds. The lowest BCUT2D eigenvalue weighted by molar-refractivity contribution is -0.134. The Kier molecular flexibility index (Phi) is 5.08. The number of benzene rings is 2.